The molecule has 0 aliphatic heterocycles. The van der Waals surface area contributed by atoms with Gasteiger partial charge in [0.1, 0.15) is 11.4 Å². The predicted molar refractivity (Wildman–Crippen MR) is 106 cm³/mol. The Morgan fingerprint density at radius 2 is 2.00 bits per heavy atom. The topological polar surface area (TPSA) is 136 Å². The first-order valence-electron chi connectivity index (χ1n) is 9.32. The van der Waals surface area contributed by atoms with Gasteiger partial charge in [0.2, 0.25) is 5.95 Å². The lowest BCUT2D eigenvalue weighted by Gasteiger charge is -2.22. The maximum atomic E-state index is 13.2. The van der Waals surface area contributed by atoms with Gasteiger partial charge in [-0.05, 0) is 38.0 Å². The molecule has 0 bridgehead atoms. The van der Waals surface area contributed by atoms with Gasteiger partial charge in [-0.3, -0.25) is 24.0 Å². The van der Waals surface area contributed by atoms with Crippen LogP contribution in [0.25, 0.3) is 5.69 Å². The summed E-state index contributed by atoms with van der Waals surface area (Å²) in [6.07, 6.45) is 1.67. The number of aromatic amines is 1. The Balaban J connectivity index is 1.79. The summed E-state index contributed by atoms with van der Waals surface area (Å²) in [6, 6.07) is 9.88. The molecule has 2 aromatic heterocycles. The van der Waals surface area contributed by atoms with E-state index in [0.717, 1.165) is 0 Å². The van der Waals surface area contributed by atoms with Gasteiger partial charge in [0.25, 0.3) is 11.5 Å². The van der Waals surface area contributed by atoms with Crippen molar-refractivity contribution in [1.82, 2.24) is 25.1 Å². The number of nitrogens with two attached hydrogens (primary N) is 1. The van der Waals surface area contributed by atoms with Crippen LogP contribution in [0.3, 0.4) is 0 Å². The SMILES string of the molecule is CC(NC(=O)c1cc2c(n(-c3ccccc3)c1=O)CCCC2=O)c1nc(N)n[nH]1. The molecule has 148 valence electrons. The summed E-state index contributed by atoms with van der Waals surface area (Å²) in [5.74, 6) is -0.232. The second-order valence-electron chi connectivity index (χ2n) is 6.95. The summed E-state index contributed by atoms with van der Waals surface area (Å²) in [4.78, 5) is 42.7. The van der Waals surface area contributed by atoms with Crippen LogP contribution in [0.1, 0.15) is 58.0 Å². The second-order valence-corrected chi connectivity index (χ2v) is 6.95. The van der Waals surface area contributed by atoms with Crippen molar-refractivity contribution in [1.29, 1.82) is 0 Å². The molecule has 9 nitrogen and oxygen atoms in total. The highest BCUT2D eigenvalue weighted by molar-refractivity contribution is 6.02. The Morgan fingerprint density at radius 3 is 2.69 bits per heavy atom. The number of aromatic nitrogens is 4. The zero-order valence-corrected chi connectivity index (χ0v) is 15.8. The van der Waals surface area contributed by atoms with Crippen LogP contribution in [0.4, 0.5) is 5.95 Å². The number of fused-ring (bicyclic) bond motifs is 1. The predicted octanol–water partition coefficient (Wildman–Crippen LogP) is 1.55. The van der Waals surface area contributed by atoms with Gasteiger partial charge in [0, 0.05) is 23.4 Å². The monoisotopic (exact) mass is 392 g/mol. The van der Waals surface area contributed by atoms with Gasteiger partial charge in [-0.15, -0.1) is 5.10 Å². The lowest BCUT2D eigenvalue weighted by molar-refractivity contribution is 0.0936. The molecule has 1 aliphatic carbocycles. The highest BCUT2D eigenvalue weighted by Gasteiger charge is 2.27. The Bertz CT molecular complexity index is 1150. The Morgan fingerprint density at radius 1 is 1.24 bits per heavy atom. The van der Waals surface area contributed by atoms with Crippen LogP contribution in [0, 0.1) is 0 Å². The average Bonchev–Trinajstić information content (AvgIpc) is 3.15. The summed E-state index contributed by atoms with van der Waals surface area (Å²) in [6.45, 7) is 1.69. The molecular formula is C20H20N6O3. The Hall–Kier alpha value is -3.75. The van der Waals surface area contributed by atoms with E-state index in [1.54, 1.807) is 19.1 Å². The maximum absolute atomic E-state index is 13.2. The van der Waals surface area contributed by atoms with Crippen LogP contribution < -0.4 is 16.6 Å². The Kier molecular flexibility index (Phi) is 4.71. The first-order valence-corrected chi connectivity index (χ1v) is 9.32. The molecule has 0 saturated carbocycles. The van der Waals surface area contributed by atoms with Crippen molar-refractivity contribution in [2.45, 2.75) is 32.2 Å². The van der Waals surface area contributed by atoms with Gasteiger partial charge in [0.15, 0.2) is 5.78 Å². The highest BCUT2D eigenvalue weighted by Crippen LogP contribution is 2.23. The van der Waals surface area contributed by atoms with Gasteiger partial charge in [-0.2, -0.15) is 4.98 Å². The normalized spacial score (nSPS) is 14.3. The fourth-order valence-corrected chi connectivity index (χ4v) is 3.53. The second kappa shape index (κ2) is 7.34. The molecule has 9 heteroatoms. The third-order valence-electron chi connectivity index (χ3n) is 4.96. The summed E-state index contributed by atoms with van der Waals surface area (Å²) in [7, 11) is 0. The number of hydrogen-bond donors (Lipinski definition) is 3. The molecule has 1 aromatic carbocycles. The number of benzene rings is 1. The average molecular weight is 392 g/mol. The van der Waals surface area contributed by atoms with Crippen molar-refractivity contribution in [2.24, 2.45) is 0 Å². The number of anilines is 1. The van der Waals surface area contributed by atoms with Crippen molar-refractivity contribution < 1.29 is 9.59 Å². The summed E-state index contributed by atoms with van der Waals surface area (Å²) in [5.41, 5.74) is 6.62. The number of hydrogen-bond acceptors (Lipinski definition) is 6. The third kappa shape index (κ3) is 3.42. The zero-order valence-electron chi connectivity index (χ0n) is 15.8. The third-order valence-corrected chi connectivity index (χ3v) is 4.96. The quantitative estimate of drug-likeness (QED) is 0.616. The number of nitrogen functional groups attached to an aromatic ring is 1. The fourth-order valence-electron chi connectivity index (χ4n) is 3.53. The van der Waals surface area contributed by atoms with Gasteiger partial charge < -0.3 is 11.1 Å². The van der Waals surface area contributed by atoms with Crippen LogP contribution in [0.15, 0.2) is 41.2 Å². The summed E-state index contributed by atoms with van der Waals surface area (Å²) < 4.78 is 1.47. The van der Waals surface area contributed by atoms with E-state index in [0.29, 0.717) is 42.0 Å². The number of para-hydroxylation sites is 1. The van der Waals surface area contributed by atoms with E-state index in [4.69, 9.17) is 5.73 Å². The number of ketones is 1. The summed E-state index contributed by atoms with van der Waals surface area (Å²) >= 11 is 0. The number of carbonyl (C=O) groups is 2. The first kappa shape index (κ1) is 18.6. The number of H-pyrrole nitrogens is 1. The number of nitrogens with zero attached hydrogens (tertiary/aromatic N) is 3. The molecule has 1 atom stereocenters. The number of amides is 1. The fraction of sp³-hybridized carbons (Fsp3) is 0.250. The van der Waals surface area contributed by atoms with E-state index >= 15 is 0 Å². The molecule has 1 aliphatic rings. The Labute approximate surface area is 166 Å². The van der Waals surface area contributed by atoms with Gasteiger partial charge in [-0.1, -0.05) is 18.2 Å². The largest absolute Gasteiger partial charge is 0.367 e. The van der Waals surface area contributed by atoms with Gasteiger partial charge in [0.05, 0.1) is 6.04 Å². The number of rotatable bonds is 4. The molecule has 29 heavy (non-hydrogen) atoms. The zero-order chi connectivity index (χ0) is 20.5. The minimum Gasteiger partial charge on any atom is -0.367 e. The standard InChI is InChI=1S/C20H20N6O3/c1-11(17-23-20(21)25-24-17)22-18(28)14-10-13-15(8-5-9-16(13)27)26(19(14)29)12-6-3-2-4-7-12/h2-4,6-7,10-11H,5,8-9H2,1H3,(H,22,28)(H3,21,23,24,25). The van der Waals surface area contributed by atoms with Gasteiger partial charge >= 0.3 is 0 Å². The van der Waals surface area contributed by atoms with Crippen LogP contribution in [0.5, 0.6) is 0 Å². The van der Waals surface area contributed by atoms with Crippen LogP contribution >= 0.6 is 0 Å². The molecule has 4 rings (SSSR count). The van der Waals surface area contributed by atoms with Crippen LogP contribution in [-0.2, 0) is 6.42 Å². The first-order chi connectivity index (χ1) is 14.0. The minimum atomic E-state index is -0.594. The van der Waals surface area contributed by atoms with E-state index < -0.39 is 17.5 Å². The van der Waals surface area contributed by atoms with E-state index in [-0.39, 0.29) is 17.3 Å². The van der Waals surface area contributed by atoms with Crippen LogP contribution in [0.2, 0.25) is 0 Å². The molecule has 0 saturated heterocycles. The molecule has 1 unspecified atom stereocenters. The van der Waals surface area contributed by atoms with Crippen molar-refractivity contribution in [2.75, 3.05) is 5.73 Å². The molecule has 3 aromatic rings. The lowest BCUT2D eigenvalue weighted by atomic mass is 9.92. The molecule has 4 N–H and O–H groups in total. The number of pyridine rings is 1. The molecule has 0 fully saturated rings. The minimum absolute atomic E-state index is 0.0620. The molecule has 0 radical (unpaired) electrons. The molecular weight excluding hydrogens is 372 g/mol. The molecule has 0 spiro atoms. The highest BCUT2D eigenvalue weighted by atomic mass is 16.2. The van der Waals surface area contributed by atoms with Crippen molar-refractivity contribution in [3.63, 3.8) is 0 Å². The summed E-state index contributed by atoms with van der Waals surface area (Å²) in [5, 5.41) is 9.08. The van der Waals surface area contributed by atoms with Crippen molar-refractivity contribution in [3.05, 3.63) is 69.4 Å². The van der Waals surface area contributed by atoms with E-state index in [1.807, 2.05) is 18.2 Å². The molecule has 1 amide bonds. The number of carbonyl (C=O) groups excluding carboxylic acids is 2. The van der Waals surface area contributed by atoms with E-state index in [1.165, 1.54) is 10.6 Å². The number of nitrogens with one attached hydrogen (secondary N) is 2. The van der Waals surface area contributed by atoms with Crippen molar-refractivity contribution >= 4 is 17.6 Å². The number of Topliss-reactive ketones (excluding diaryl/α,β-unsaturated/α-hetero) is 1. The van der Waals surface area contributed by atoms with Crippen molar-refractivity contribution in [3.8, 4) is 5.69 Å². The smallest absolute Gasteiger partial charge is 0.268 e. The lowest BCUT2D eigenvalue weighted by Crippen LogP contribution is -2.37. The van der Waals surface area contributed by atoms with E-state index in [9.17, 15) is 14.4 Å². The maximum Gasteiger partial charge on any atom is 0.268 e. The van der Waals surface area contributed by atoms with Crippen LogP contribution in [-0.4, -0.2) is 31.4 Å². The van der Waals surface area contributed by atoms with E-state index in [2.05, 4.69) is 20.5 Å². The molecule has 2 heterocycles. The van der Waals surface area contributed by atoms with Gasteiger partial charge in [-0.25, -0.2) is 0 Å².